The molecule has 0 radical (unpaired) electrons. The van der Waals surface area contributed by atoms with Crippen molar-refractivity contribution in [2.75, 3.05) is 13.7 Å². The van der Waals surface area contributed by atoms with Crippen LogP contribution in [0.2, 0.25) is 0 Å². The quantitative estimate of drug-likeness (QED) is 0.410. The molecule has 0 unspecified atom stereocenters. The van der Waals surface area contributed by atoms with Crippen molar-refractivity contribution in [3.05, 3.63) is 78.5 Å². The molecule has 3 rings (SSSR count). The first kappa shape index (κ1) is 19.2. The second kappa shape index (κ2) is 9.41. The van der Waals surface area contributed by atoms with Crippen molar-refractivity contribution >= 4 is 5.97 Å². The lowest BCUT2D eigenvalue weighted by Gasteiger charge is -2.11. The van der Waals surface area contributed by atoms with E-state index in [0.717, 1.165) is 17.5 Å². The molecule has 1 heterocycles. The lowest BCUT2D eigenvalue weighted by molar-refractivity contribution is -0.147. The number of hydrogen-bond donors (Lipinski definition) is 0. The van der Waals surface area contributed by atoms with Crippen molar-refractivity contribution in [1.82, 2.24) is 5.16 Å². The topological polar surface area (TPSA) is 70.8 Å². The Hall–Kier alpha value is -3.54. The number of hydrogen-bond acceptors (Lipinski definition) is 6. The molecule has 6 nitrogen and oxygen atoms in total. The van der Waals surface area contributed by atoms with E-state index in [4.69, 9.17) is 18.7 Å². The van der Waals surface area contributed by atoms with Gasteiger partial charge in [0.25, 0.3) is 0 Å². The fourth-order valence-electron chi connectivity index (χ4n) is 2.58. The minimum absolute atomic E-state index is 0.00787. The Bertz CT molecular complexity index is 933. The molecule has 0 aliphatic heterocycles. The number of benzene rings is 2. The van der Waals surface area contributed by atoms with Crippen LogP contribution in [0.15, 0.2) is 71.8 Å². The van der Waals surface area contributed by atoms with Crippen LogP contribution in [0.4, 0.5) is 0 Å². The summed E-state index contributed by atoms with van der Waals surface area (Å²) in [5.41, 5.74) is 2.48. The van der Waals surface area contributed by atoms with Crippen LogP contribution in [0, 0.1) is 0 Å². The van der Waals surface area contributed by atoms with Gasteiger partial charge in [-0.3, -0.25) is 0 Å². The average Bonchev–Trinajstić information content (AvgIpc) is 3.21. The highest BCUT2D eigenvalue weighted by Crippen LogP contribution is 2.28. The van der Waals surface area contributed by atoms with Gasteiger partial charge in [-0.25, -0.2) is 4.79 Å². The zero-order chi connectivity index (χ0) is 19.8. The van der Waals surface area contributed by atoms with Gasteiger partial charge in [-0.2, -0.15) is 0 Å². The molecule has 2 aromatic carbocycles. The summed E-state index contributed by atoms with van der Waals surface area (Å²) in [4.78, 5) is 12.0. The van der Waals surface area contributed by atoms with Gasteiger partial charge in [0, 0.05) is 11.6 Å². The number of carbonyl (C=O) groups is 1. The third-order valence-electron chi connectivity index (χ3n) is 3.95. The van der Waals surface area contributed by atoms with Crippen molar-refractivity contribution in [3.63, 3.8) is 0 Å². The average molecular weight is 379 g/mol. The lowest BCUT2D eigenvalue weighted by Crippen LogP contribution is -2.15. The molecule has 3 aromatic rings. The minimum Gasteiger partial charge on any atom is -0.493 e. The van der Waals surface area contributed by atoms with Gasteiger partial charge in [0.15, 0.2) is 23.9 Å². The Morgan fingerprint density at radius 2 is 1.96 bits per heavy atom. The molecule has 28 heavy (non-hydrogen) atoms. The molecule has 1 aromatic heterocycles. The molecule has 0 bridgehead atoms. The molecule has 0 amide bonds. The van der Waals surface area contributed by atoms with Gasteiger partial charge in [0.05, 0.1) is 7.11 Å². The number of nitrogens with zero attached hydrogens (tertiary/aromatic N) is 1. The van der Waals surface area contributed by atoms with Crippen LogP contribution < -0.4 is 9.47 Å². The molecule has 0 fully saturated rings. The van der Waals surface area contributed by atoms with Crippen LogP contribution in [0.3, 0.4) is 0 Å². The number of allylic oxidation sites excluding steroid dienone is 1. The maximum absolute atomic E-state index is 12.0. The molecular weight excluding hydrogens is 358 g/mol. The van der Waals surface area contributed by atoms with E-state index >= 15 is 0 Å². The zero-order valence-corrected chi connectivity index (χ0v) is 15.6. The molecular formula is C22H21NO5. The van der Waals surface area contributed by atoms with Crippen LogP contribution in [0.5, 0.6) is 11.5 Å². The van der Waals surface area contributed by atoms with E-state index in [1.807, 2.05) is 42.5 Å². The van der Waals surface area contributed by atoms with Gasteiger partial charge in [0.1, 0.15) is 12.3 Å². The van der Waals surface area contributed by atoms with Crippen molar-refractivity contribution in [1.29, 1.82) is 0 Å². The fraction of sp³-hybridized carbons (Fsp3) is 0.182. The molecule has 144 valence electrons. The molecule has 0 spiro atoms. The largest absolute Gasteiger partial charge is 0.493 e. The molecule has 0 aliphatic carbocycles. The first-order valence-electron chi connectivity index (χ1n) is 8.77. The number of esters is 1. The molecule has 0 aliphatic rings. The molecule has 0 saturated heterocycles. The predicted molar refractivity (Wildman–Crippen MR) is 104 cm³/mol. The first-order valence-corrected chi connectivity index (χ1v) is 8.77. The molecule has 0 atom stereocenters. The fourth-order valence-corrected chi connectivity index (χ4v) is 2.58. The van der Waals surface area contributed by atoms with Gasteiger partial charge in [-0.15, -0.1) is 6.58 Å². The molecule has 6 heteroatoms. The standard InChI is InChI=1S/C22H21NO5/c1-3-7-16-10-11-19(21(12-16)25-2)26-15-22(24)27-14-18-13-20(28-23-18)17-8-5-4-6-9-17/h3-6,8-13H,1,7,14-15H2,2H3. The van der Waals surface area contributed by atoms with Gasteiger partial charge in [-0.1, -0.05) is 47.6 Å². The summed E-state index contributed by atoms with van der Waals surface area (Å²) in [6, 6.07) is 16.8. The van der Waals surface area contributed by atoms with Crippen LogP contribution in [-0.4, -0.2) is 24.8 Å². The van der Waals surface area contributed by atoms with Crippen LogP contribution in [0.25, 0.3) is 11.3 Å². The van der Waals surface area contributed by atoms with E-state index in [2.05, 4.69) is 11.7 Å². The predicted octanol–water partition coefficient (Wildman–Crippen LogP) is 4.20. The first-order chi connectivity index (χ1) is 13.7. The van der Waals surface area contributed by atoms with E-state index in [9.17, 15) is 4.79 Å². The van der Waals surface area contributed by atoms with Gasteiger partial charge < -0.3 is 18.7 Å². The van der Waals surface area contributed by atoms with Gasteiger partial charge in [0.2, 0.25) is 0 Å². The monoisotopic (exact) mass is 379 g/mol. The Morgan fingerprint density at radius 3 is 2.71 bits per heavy atom. The third kappa shape index (κ3) is 5.01. The summed E-state index contributed by atoms with van der Waals surface area (Å²) in [6.45, 7) is 3.48. The summed E-state index contributed by atoms with van der Waals surface area (Å²) >= 11 is 0. The summed E-state index contributed by atoms with van der Waals surface area (Å²) in [6.07, 6.45) is 2.53. The Balaban J connectivity index is 1.51. The highest BCUT2D eigenvalue weighted by atomic mass is 16.6. The second-order valence-electron chi connectivity index (χ2n) is 5.98. The number of carbonyl (C=O) groups excluding carboxylic acids is 1. The highest BCUT2D eigenvalue weighted by molar-refractivity contribution is 5.71. The summed E-state index contributed by atoms with van der Waals surface area (Å²) in [5.74, 6) is 1.13. The van der Waals surface area contributed by atoms with Crippen LogP contribution in [-0.2, 0) is 22.6 Å². The number of ether oxygens (including phenoxy) is 3. The van der Waals surface area contributed by atoms with Gasteiger partial charge >= 0.3 is 5.97 Å². The zero-order valence-electron chi connectivity index (χ0n) is 15.6. The van der Waals surface area contributed by atoms with Gasteiger partial charge in [-0.05, 0) is 24.1 Å². The smallest absolute Gasteiger partial charge is 0.344 e. The summed E-state index contributed by atoms with van der Waals surface area (Å²) in [5, 5.41) is 3.92. The Morgan fingerprint density at radius 1 is 1.14 bits per heavy atom. The van der Waals surface area contributed by atoms with E-state index in [1.54, 1.807) is 25.3 Å². The van der Waals surface area contributed by atoms with E-state index in [0.29, 0.717) is 23.0 Å². The lowest BCUT2D eigenvalue weighted by atomic mass is 10.1. The van der Waals surface area contributed by atoms with E-state index in [-0.39, 0.29) is 13.2 Å². The maximum Gasteiger partial charge on any atom is 0.344 e. The van der Waals surface area contributed by atoms with Crippen LogP contribution >= 0.6 is 0 Å². The van der Waals surface area contributed by atoms with Crippen molar-refractivity contribution in [2.45, 2.75) is 13.0 Å². The maximum atomic E-state index is 12.0. The van der Waals surface area contributed by atoms with Crippen molar-refractivity contribution < 1.29 is 23.5 Å². The van der Waals surface area contributed by atoms with Crippen molar-refractivity contribution in [3.8, 4) is 22.8 Å². The SMILES string of the molecule is C=CCc1ccc(OCC(=O)OCc2cc(-c3ccccc3)on2)c(OC)c1. The highest BCUT2D eigenvalue weighted by Gasteiger charge is 2.12. The van der Waals surface area contributed by atoms with E-state index in [1.165, 1.54) is 0 Å². The number of aromatic nitrogens is 1. The third-order valence-corrected chi connectivity index (χ3v) is 3.95. The Labute approximate surface area is 163 Å². The van der Waals surface area contributed by atoms with Crippen molar-refractivity contribution in [2.24, 2.45) is 0 Å². The molecule has 0 saturated carbocycles. The second-order valence-corrected chi connectivity index (χ2v) is 5.98. The number of methoxy groups -OCH3 is 1. The molecule has 0 N–H and O–H groups in total. The van der Waals surface area contributed by atoms with Crippen LogP contribution in [0.1, 0.15) is 11.3 Å². The summed E-state index contributed by atoms with van der Waals surface area (Å²) < 4.78 is 21.3. The van der Waals surface area contributed by atoms with E-state index < -0.39 is 5.97 Å². The minimum atomic E-state index is -0.513. The number of rotatable bonds is 9. The summed E-state index contributed by atoms with van der Waals surface area (Å²) in [7, 11) is 1.55. The normalized spacial score (nSPS) is 10.3. The Kier molecular flexibility index (Phi) is 6.46.